The van der Waals surface area contributed by atoms with Gasteiger partial charge in [0.15, 0.2) is 0 Å². The highest BCUT2D eigenvalue weighted by atomic mass is 16.5. The zero-order valence-electron chi connectivity index (χ0n) is 15.6. The monoisotopic (exact) mass is 354 g/mol. The van der Waals surface area contributed by atoms with Gasteiger partial charge in [0.2, 0.25) is 5.76 Å². The molecule has 0 aliphatic carbocycles. The van der Waals surface area contributed by atoms with Crippen molar-refractivity contribution >= 4 is 16.9 Å². The Morgan fingerprint density at radius 3 is 2.27 bits per heavy atom. The second kappa shape index (κ2) is 6.75. The first-order valence-corrected chi connectivity index (χ1v) is 8.33. The van der Waals surface area contributed by atoms with Crippen molar-refractivity contribution < 1.29 is 23.8 Å². The molecule has 0 bridgehead atoms. The number of carboxylic acid groups (broad SMARTS) is 1. The van der Waals surface area contributed by atoms with Crippen LogP contribution in [-0.4, -0.2) is 25.3 Å². The molecule has 0 unspecified atom stereocenters. The van der Waals surface area contributed by atoms with E-state index in [9.17, 15) is 4.79 Å². The molecule has 3 rings (SSSR count). The Labute approximate surface area is 152 Å². The van der Waals surface area contributed by atoms with Gasteiger partial charge in [0, 0.05) is 17.4 Å². The summed E-state index contributed by atoms with van der Waals surface area (Å²) in [6, 6.07) is 7.24. The molecule has 0 atom stereocenters. The lowest BCUT2D eigenvalue weighted by atomic mass is 9.92. The van der Waals surface area contributed by atoms with Crippen LogP contribution in [0.2, 0.25) is 0 Å². The number of hydrogen-bond donors (Lipinski definition) is 1. The summed E-state index contributed by atoms with van der Waals surface area (Å²) in [7, 11) is 3.35. The van der Waals surface area contributed by atoms with Crippen molar-refractivity contribution in [1.82, 2.24) is 0 Å². The molecule has 0 radical (unpaired) electrons. The molecular formula is C21H22O5. The van der Waals surface area contributed by atoms with E-state index in [1.54, 1.807) is 26.4 Å². The number of aromatic carboxylic acids is 1. The van der Waals surface area contributed by atoms with Crippen LogP contribution < -0.4 is 9.47 Å². The van der Waals surface area contributed by atoms with Gasteiger partial charge >= 0.3 is 5.97 Å². The fourth-order valence-corrected chi connectivity index (χ4v) is 3.46. The Balaban J connectivity index is 2.09. The van der Waals surface area contributed by atoms with E-state index in [2.05, 4.69) is 0 Å². The van der Waals surface area contributed by atoms with E-state index in [-0.39, 0.29) is 5.76 Å². The van der Waals surface area contributed by atoms with E-state index < -0.39 is 5.97 Å². The summed E-state index contributed by atoms with van der Waals surface area (Å²) in [6.45, 7) is 6.08. The molecule has 0 spiro atoms. The maximum absolute atomic E-state index is 11.1. The summed E-state index contributed by atoms with van der Waals surface area (Å²) < 4.78 is 16.6. The average Bonchev–Trinajstić information content (AvgIpc) is 3.04. The summed E-state index contributed by atoms with van der Waals surface area (Å²) in [5.74, 6) is 0.605. The number of methoxy groups -OCH3 is 2. The Morgan fingerprint density at radius 2 is 1.65 bits per heavy atom. The summed E-state index contributed by atoms with van der Waals surface area (Å²) in [5.41, 5.74) is 5.85. The van der Waals surface area contributed by atoms with Gasteiger partial charge in [-0.1, -0.05) is 6.07 Å². The van der Waals surface area contributed by atoms with Crippen molar-refractivity contribution in [3.05, 3.63) is 57.8 Å². The highest BCUT2D eigenvalue weighted by Gasteiger charge is 2.19. The van der Waals surface area contributed by atoms with Crippen molar-refractivity contribution in [1.29, 1.82) is 0 Å². The molecule has 1 heterocycles. The molecule has 0 aliphatic rings. The molecular weight excluding hydrogens is 332 g/mol. The minimum Gasteiger partial charge on any atom is -0.496 e. The lowest BCUT2D eigenvalue weighted by Gasteiger charge is -2.20. The Bertz CT molecular complexity index is 998. The van der Waals surface area contributed by atoms with Crippen molar-refractivity contribution in [2.45, 2.75) is 27.2 Å². The Kier molecular flexibility index (Phi) is 4.64. The maximum Gasteiger partial charge on any atom is 0.371 e. The van der Waals surface area contributed by atoms with E-state index in [1.807, 2.05) is 32.9 Å². The van der Waals surface area contributed by atoms with Gasteiger partial charge < -0.3 is 19.0 Å². The molecule has 5 heteroatoms. The normalized spacial score (nSPS) is 11.0. The largest absolute Gasteiger partial charge is 0.496 e. The van der Waals surface area contributed by atoms with E-state index in [4.69, 9.17) is 19.0 Å². The van der Waals surface area contributed by atoms with Gasteiger partial charge in [0.05, 0.1) is 14.2 Å². The third-order valence-electron chi connectivity index (χ3n) is 4.89. The number of carbonyl (C=O) groups is 1. The Morgan fingerprint density at radius 1 is 1.00 bits per heavy atom. The van der Waals surface area contributed by atoms with Crippen LogP contribution in [-0.2, 0) is 6.42 Å². The fourth-order valence-electron chi connectivity index (χ4n) is 3.46. The third kappa shape index (κ3) is 2.90. The quantitative estimate of drug-likeness (QED) is 0.721. The average molecular weight is 354 g/mol. The number of carboxylic acids is 1. The lowest BCUT2D eigenvalue weighted by molar-refractivity contribution is 0.0665. The highest BCUT2D eigenvalue weighted by Crippen LogP contribution is 2.39. The second-order valence-electron chi connectivity index (χ2n) is 6.38. The molecule has 136 valence electrons. The van der Waals surface area contributed by atoms with Gasteiger partial charge in [-0.25, -0.2) is 4.79 Å². The molecule has 1 aromatic heterocycles. The van der Waals surface area contributed by atoms with Crippen molar-refractivity contribution in [3.63, 3.8) is 0 Å². The van der Waals surface area contributed by atoms with E-state index >= 15 is 0 Å². The predicted molar refractivity (Wildman–Crippen MR) is 99.7 cm³/mol. The molecule has 0 aliphatic heterocycles. The zero-order chi connectivity index (χ0) is 19.0. The van der Waals surface area contributed by atoms with E-state index in [1.165, 1.54) is 0 Å². The van der Waals surface area contributed by atoms with Crippen molar-refractivity contribution in [2.75, 3.05) is 14.2 Å². The number of hydrogen-bond acceptors (Lipinski definition) is 4. The number of fused-ring (bicyclic) bond motifs is 1. The van der Waals surface area contributed by atoms with Gasteiger partial charge in [0.25, 0.3) is 0 Å². The van der Waals surface area contributed by atoms with Crippen LogP contribution in [0.3, 0.4) is 0 Å². The number of furan rings is 1. The molecule has 3 aromatic rings. The number of benzene rings is 2. The SMILES string of the molecule is COc1c(C)c(C)c(OC)c(Cc2ccc3oc(C(=O)O)cc3c2)c1C. The van der Waals surface area contributed by atoms with Crippen LogP contribution >= 0.6 is 0 Å². The van der Waals surface area contributed by atoms with E-state index in [0.717, 1.165) is 44.7 Å². The van der Waals surface area contributed by atoms with Gasteiger partial charge in [-0.15, -0.1) is 0 Å². The molecule has 2 aromatic carbocycles. The van der Waals surface area contributed by atoms with Gasteiger partial charge in [-0.3, -0.25) is 0 Å². The van der Waals surface area contributed by atoms with Crippen LogP contribution in [0, 0.1) is 20.8 Å². The lowest BCUT2D eigenvalue weighted by Crippen LogP contribution is -2.04. The van der Waals surface area contributed by atoms with Crippen molar-refractivity contribution in [2.24, 2.45) is 0 Å². The first-order chi connectivity index (χ1) is 12.4. The first-order valence-electron chi connectivity index (χ1n) is 8.33. The Hall–Kier alpha value is -2.95. The molecule has 0 saturated heterocycles. The molecule has 26 heavy (non-hydrogen) atoms. The molecule has 0 saturated carbocycles. The van der Waals surface area contributed by atoms with Crippen LogP contribution in [0.4, 0.5) is 0 Å². The van der Waals surface area contributed by atoms with Crippen LogP contribution in [0.1, 0.15) is 38.4 Å². The standard InChI is InChI=1S/C21H22O5/c1-11-12(2)20(25-5)16(13(3)19(11)24-4)9-14-6-7-17-15(8-14)10-18(26-17)21(22)23/h6-8,10H,9H2,1-5H3,(H,22,23). The van der Waals surface area contributed by atoms with Crippen molar-refractivity contribution in [3.8, 4) is 11.5 Å². The maximum atomic E-state index is 11.1. The number of rotatable bonds is 5. The van der Waals surface area contributed by atoms with Gasteiger partial charge in [-0.2, -0.15) is 0 Å². The summed E-state index contributed by atoms with van der Waals surface area (Å²) in [6.07, 6.45) is 0.649. The molecule has 0 amide bonds. The van der Waals surface area contributed by atoms with Crippen LogP contribution in [0.5, 0.6) is 11.5 Å². The van der Waals surface area contributed by atoms with Gasteiger partial charge in [0.1, 0.15) is 17.1 Å². The molecule has 1 N–H and O–H groups in total. The van der Waals surface area contributed by atoms with Gasteiger partial charge in [-0.05, 0) is 61.2 Å². The highest BCUT2D eigenvalue weighted by molar-refractivity contribution is 5.91. The summed E-state index contributed by atoms with van der Waals surface area (Å²) in [4.78, 5) is 11.1. The molecule has 0 fully saturated rings. The molecule has 5 nitrogen and oxygen atoms in total. The van der Waals surface area contributed by atoms with E-state index in [0.29, 0.717) is 12.0 Å². The third-order valence-corrected chi connectivity index (χ3v) is 4.89. The minimum absolute atomic E-state index is 0.0567. The van der Waals surface area contributed by atoms with Crippen LogP contribution in [0.25, 0.3) is 11.0 Å². The summed E-state index contributed by atoms with van der Waals surface area (Å²) in [5, 5.41) is 9.86. The predicted octanol–water partition coefficient (Wildman–Crippen LogP) is 4.66. The second-order valence-corrected chi connectivity index (χ2v) is 6.38. The minimum atomic E-state index is -1.07. The first kappa shape index (κ1) is 17.9. The topological polar surface area (TPSA) is 68.9 Å². The fraction of sp³-hybridized carbons (Fsp3) is 0.286. The smallest absolute Gasteiger partial charge is 0.371 e. The summed E-state index contributed by atoms with van der Waals surface area (Å²) >= 11 is 0. The van der Waals surface area contributed by atoms with Crippen LogP contribution in [0.15, 0.2) is 28.7 Å². The zero-order valence-corrected chi connectivity index (χ0v) is 15.6. The number of ether oxygens (including phenoxy) is 2.